The fraction of sp³-hybridized carbons (Fsp3) is 0.438. The molecule has 1 heterocycles. The molecule has 0 unspecified atom stereocenters. The van der Waals surface area contributed by atoms with Gasteiger partial charge in [-0.05, 0) is 18.5 Å². The second-order valence-corrected chi connectivity index (χ2v) is 4.96. The minimum atomic E-state index is 0.759. The summed E-state index contributed by atoms with van der Waals surface area (Å²) in [6, 6.07) is 10.5. The summed E-state index contributed by atoms with van der Waals surface area (Å²) >= 11 is 0. The number of methoxy groups -OCH3 is 1. The first-order chi connectivity index (χ1) is 9.81. The molecule has 1 N–H and O–H groups in total. The summed E-state index contributed by atoms with van der Waals surface area (Å²) in [6.45, 7) is 4.48. The molecular formula is C16H23N3O. The highest BCUT2D eigenvalue weighted by Crippen LogP contribution is 2.17. The van der Waals surface area contributed by atoms with E-state index in [9.17, 15) is 0 Å². The minimum absolute atomic E-state index is 0.759. The largest absolute Gasteiger partial charge is 0.383 e. The number of hydrogen-bond donors (Lipinski definition) is 1. The van der Waals surface area contributed by atoms with Gasteiger partial charge in [-0.25, -0.2) is 0 Å². The van der Waals surface area contributed by atoms with Gasteiger partial charge in [-0.1, -0.05) is 24.3 Å². The number of ether oxygens (including phenoxy) is 1. The number of likely N-dealkylation sites (N-methyl/N-ethyl adjacent to an activating group) is 1. The van der Waals surface area contributed by atoms with Crippen LogP contribution < -0.4 is 5.32 Å². The van der Waals surface area contributed by atoms with Crippen molar-refractivity contribution in [2.45, 2.75) is 6.54 Å². The summed E-state index contributed by atoms with van der Waals surface area (Å²) in [5, 5.41) is 5.85. The van der Waals surface area contributed by atoms with E-state index in [1.165, 1.54) is 10.8 Å². The van der Waals surface area contributed by atoms with E-state index in [2.05, 4.69) is 52.6 Å². The van der Waals surface area contributed by atoms with E-state index in [1.807, 2.05) is 6.20 Å². The van der Waals surface area contributed by atoms with Crippen LogP contribution in [0.25, 0.3) is 10.8 Å². The zero-order valence-electron chi connectivity index (χ0n) is 12.3. The van der Waals surface area contributed by atoms with E-state index < -0.39 is 0 Å². The van der Waals surface area contributed by atoms with Crippen molar-refractivity contribution in [1.82, 2.24) is 15.2 Å². The Kier molecular flexibility index (Phi) is 5.92. The summed E-state index contributed by atoms with van der Waals surface area (Å²) in [5.74, 6) is 0. The average Bonchev–Trinajstić information content (AvgIpc) is 2.47. The van der Waals surface area contributed by atoms with Gasteiger partial charge in [0.05, 0.1) is 12.3 Å². The summed E-state index contributed by atoms with van der Waals surface area (Å²) in [4.78, 5) is 6.81. The molecule has 2 aromatic rings. The number of nitrogens with zero attached hydrogens (tertiary/aromatic N) is 2. The Morgan fingerprint density at radius 3 is 2.90 bits per heavy atom. The van der Waals surface area contributed by atoms with Crippen molar-refractivity contribution in [2.24, 2.45) is 0 Å². The Hall–Kier alpha value is -1.49. The van der Waals surface area contributed by atoms with Gasteiger partial charge in [0.2, 0.25) is 0 Å². The lowest BCUT2D eigenvalue weighted by atomic mass is 10.1. The molecule has 2 rings (SSSR count). The fourth-order valence-corrected chi connectivity index (χ4v) is 2.21. The Labute approximate surface area is 120 Å². The van der Waals surface area contributed by atoms with E-state index in [0.29, 0.717) is 0 Å². The van der Waals surface area contributed by atoms with E-state index >= 15 is 0 Å². The second kappa shape index (κ2) is 7.94. The zero-order chi connectivity index (χ0) is 14.2. The van der Waals surface area contributed by atoms with Crippen molar-refractivity contribution < 1.29 is 4.74 Å². The third-order valence-electron chi connectivity index (χ3n) is 3.33. The standard InChI is InChI=1S/C16H23N3O/c1-19(11-9-17-10-12-20-2)13-16-15-6-4-3-5-14(15)7-8-18-16/h3-8,17H,9-13H2,1-2H3. The quantitative estimate of drug-likeness (QED) is 0.746. The molecule has 1 aromatic heterocycles. The van der Waals surface area contributed by atoms with Crippen molar-refractivity contribution >= 4 is 10.8 Å². The molecule has 0 spiro atoms. The summed E-state index contributed by atoms with van der Waals surface area (Å²) < 4.78 is 5.01. The molecule has 0 atom stereocenters. The van der Waals surface area contributed by atoms with E-state index in [-0.39, 0.29) is 0 Å². The van der Waals surface area contributed by atoms with Crippen molar-refractivity contribution in [3.63, 3.8) is 0 Å². The van der Waals surface area contributed by atoms with Crippen LogP contribution in [0.4, 0.5) is 0 Å². The van der Waals surface area contributed by atoms with Crippen LogP contribution in [-0.2, 0) is 11.3 Å². The van der Waals surface area contributed by atoms with Crippen LogP contribution in [0.15, 0.2) is 36.5 Å². The van der Waals surface area contributed by atoms with Crippen molar-refractivity contribution in [2.75, 3.05) is 40.4 Å². The molecule has 20 heavy (non-hydrogen) atoms. The number of fused-ring (bicyclic) bond motifs is 1. The van der Waals surface area contributed by atoms with Gasteiger partial charge in [0.1, 0.15) is 0 Å². The normalized spacial score (nSPS) is 11.3. The van der Waals surface area contributed by atoms with Gasteiger partial charge in [-0.2, -0.15) is 0 Å². The Balaban J connectivity index is 1.88. The van der Waals surface area contributed by atoms with Gasteiger partial charge in [0.15, 0.2) is 0 Å². The van der Waals surface area contributed by atoms with Gasteiger partial charge in [-0.15, -0.1) is 0 Å². The van der Waals surface area contributed by atoms with Gasteiger partial charge >= 0.3 is 0 Å². The lowest BCUT2D eigenvalue weighted by molar-refractivity contribution is 0.197. The molecule has 108 valence electrons. The minimum Gasteiger partial charge on any atom is -0.383 e. The molecule has 1 aromatic carbocycles. The van der Waals surface area contributed by atoms with Gasteiger partial charge in [-0.3, -0.25) is 9.88 Å². The maximum atomic E-state index is 5.01. The maximum Gasteiger partial charge on any atom is 0.0622 e. The Bertz CT molecular complexity index is 525. The first-order valence-electron chi connectivity index (χ1n) is 7.02. The van der Waals surface area contributed by atoms with Crippen molar-refractivity contribution in [3.8, 4) is 0 Å². The first kappa shape index (κ1) is 14.9. The molecule has 0 fully saturated rings. The number of pyridine rings is 1. The highest BCUT2D eigenvalue weighted by atomic mass is 16.5. The average molecular weight is 273 g/mol. The van der Waals surface area contributed by atoms with Gasteiger partial charge in [0, 0.05) is 44.9 Å². The number of rotatable bonds is 8. The molecule has 0 saturated heterocycles. The third kappa shape index (κ3) is 4.27. The van der Waals surface area contributed by atoms with Gasteiger partial charge < -0.3 is 10.1 Å². The smallest absolute Gasteiger partial charge is 0.0622 e. The lowest BCUT2D eigenvalue weighted by Crippen LogP contribution is -2.30. The number of benzene rings is 1. The second-order valence-electron chi connectivity index (χ2n) is 4.96. The monoisotopic (exact) mass is 273 g/mol. The Morgan fingerprint density at radius 1 is 1.20 bits per heavy atom. The van der Waals surface area contributed by atoms with Crippen molar-refractivity contribution in [1.29, 1.82) is 0 Å². The van der Waals surface area contributed by atoms with E-state index in [4.69, 9.17) is 4.74 Å². The molecule has 0 amide bonds. The molecule has 4 nitrogen and oxygen atoms in total. The highest BCUT2D eigenvalue weighted by molar-refractivity contribution is 5.84. The summed E-state index contributed by atoms with van der Waals surface area (Å²) in [7, 11) is 3.85. The van der Waals surface area contributed by atoms with Crippen LogP contribution in [0.2, 0.25) is 0 Å². The van der Waals surface area contributed by atoms with E-state index in [0.717, 1.165) is 38.5 Å². The number of aromatic nitrogens is 1. The molecular weight excluding hydrogens is 250 g/mol. The van der Waals surface area contributed by atoms with Crippen molar-refractivity contribution in [3.05, 3.63) is 42.2 Å². The maximum absolute atomic E-state index is 5.01. The van der Waals surface area contributed by atoms with Crippen LogP contribution in [-0.4, -0.2) is 50.3 Å². The van der Waals surface area contributed by atoms with E-state index in [1.54, 1.807) is 7.11 Å². The fourth-order valence-electron chi connectivity index (χ4n) is 2.21. The zero-order valence-corrected chi connectivity index (χ0v) is 12.3. The first-order valence-corrected chi connectivity index (χ1v) is 7.02. The molecule has 0 radical (unpaired) electrons. The lowest BCUT2D eigenvalue weighted by Gasteiger charge is -2.17. The summed E-state index contributed by atoms with van der Waals surface area (Å²) in [6.07, 6.45) is 1.89. The molecule has 0 bridgehead atoms. The van der Waals surface area contributed by atoms with Crippen LogP contribution in [0, 0.1) is 0 Å². The molecule has 0 aliphatic rings. The van der Waals surface area contributed by atoms with Gasteiger partial charge in [0.25, 0.3) is 0 Å². The molecule has 0 aliphatic heterocycles. The SMILES string of the molecule is COCCNCCN(C)Cc1nccc2ccccc12. The predicted octanol–water partition coefficient (Wildman–Crippen LogP) is 1.90. The predicted molar refractivity (Wildman–Crippen MR) is 82.8 cm³/mol. The van der Waals surface area contributed by atoms with Crippen LogP contribution in [0.1, 0.15) is 5.69 Å². The van der Waals surface area contributed by atoms with Crippen LogP contribution in [0.3, 0.4) is 0 Å². The molecule has 4 heteroatoms. The molecule has 0 saturated carbocycles. The highest BCUT2D eigenvalue weighted by Gasteiger charge is 2.05. The number of nitrogens with one attached hydrogen (secondary N) is 1. The third-order valence-corrected chi connectivity index (χ3v) is 3.33. The topological polar surface area (TPSA) is 37.4 Å². The van der Waals surface area contributed by atoms with Crippen LogP contribution in [0.5, 0.6) is 0 Å². The number of hydrogen-bond acceptors (Lipinski definition) is 4. The Morgan fingerprint density at radius 2 is 2.05 bits per heavy atom. The molecule has 0 aliphatic carbocycles. The van der Waals surface area contributed by atoms with Crippen LogP contribution >= 0.6 is 0 Å². The summed E-state index contributed by atoms with van der Waals surface area (Å²) in [5.41, 5.74) is 1.14.